The summed E-state index contributed by atoms with van der Waals surface area (Å²) in [5, 5.41) is 1.70. The Morgan fingerprint density at radius 2 is 1.87 bits per heavy atom. The van der Waals surface area contributed by atoms with Crippen molar-refractivity contribution in [2.24, 2.45) is 0 Å². The number of halogens is 6. The van der Waals surface area contributed by atoms with E-state index in [9.17, 15) is 18.0 Å². The van der Waals surface area contributed by atoms with Crippen LogP contribution in [0.3, 0.4) is 0 Å². The van der Waals surface area contributed by atoms with Crippen LogP contribution in [0.25, 0.3) is 6.20 Å². The van der Waals surface area contributed by atoms with Crippen LogP contribution in [0.1, 0.15) is 5.69 Å². The third kappa shape index (κ3) is 3.46. The van der Waals surface area contributed by atoms with Gasteiger partial charge in [-0.1, -0.05) is 47.4 Å². The maximum Gasteiger partial charge on any atom is 0.435 e. The molecule has 0 saturated heterocycles. The van der Waals surface area contributed by atoms with Gasteiger partial charge in [-0.25, -0.2) is 4.98 Å². The Labute approximate surface area is 143 Å². The van der Waals surface area contributed by atoms with Crippen LogP contribution in [-0.4, -0.2) is 9.55 Å². The fourth-order valence-corrected chi connectivity index (χ4v) is 2.27. The predicted molar refractivity (Wildman–Crippen MR) is 84.6 cm³/mol. The van der Waals surface area contributed by atoms with Crippen LogP contribution in [0.4, 0.5) is 24.8 Å². The molecule has 0 amide bonds. The van der Waals surface area contributed by atoms with Gasteiger partial charge in [0.05, 0.1) is 15.7 Å². The van der Waals surface area contributed by atoms with Crippen molar-refractivity contribution >= 4 is 52.6 Å². The Hall–Kier alpha value is -1.70. The molecule has 0 radical (unpaired) electrons. The van der Waals surface area contributed by atoms with Gasteiger partial charge in [0, 0.05) is 6.20 Å². The van der Waals surface area contributed by atoms with Gasteiger partial charge < -0.3 is 5.32 Å². The summed E-state index contributed by atoms with van der Waals surface area (Å²) in [7, 11) is 0. The van der Waals surface area contributed by atoms with Gasteiger partial charge >= 0.3 is 6.18 Å². The molecule has 4 nitrogen and oxygen atoms in total. The Balaban J connectivity index is 2.66. The van der Waals surface area contributed by atoms with E-state index in [0.717, 1.165) is 10.8 Å². The summed E-state index contributed by atoms with van der Waals surface area (Å²) in [6, 6.07) is 4.47. The van der Waals surface area contributed by atoms with Crippen molar-refractivity contribution in [3.05, 3.63) is 55.9 Å². The largest absolute Gasteiger partial charge is 0.435 e. The molecule has 1 aromatic heterocycles. The number of anilines is 2. The first-order valence-electron chi connectivity index (χ1n) is 5.89. The summed E-state index contributed by atoms with van der Waals surface area (Å²) < 4.78 is 39.5. The fraction of sp³-hybridized carbons (Fsp3) is 0.0769. The molecule has 122 valence electrons. The zero-order valence-corrected chi connectivity index (χ0v) is 13.4. The molecule has 0 bridgehead atoms. The molecule has 0 aliphatic carbocycles. The van der Waals surface area contributed by atoms with Gasteiger partial charge in [-0.3, -0.25) is 9.36 Å². The number of nitrogens with one attached hydrogen (secondary N) is 1. The van der Waals surface area contributed by atoms with Crippen LogP contribution in [0.5, 0.6) is 0 Å². The van der Waals surface area contributed by atoms with Crippen LogP contribution >= 0.6 is 34.8 Å². The Morgan fingerprint density at radius 1 is 1.22 bits per heavy atom. The van der Waals surface area contributed by atoms with E-state index in [4.69, 9.17) is 34.8 Å². The molecule has 0 fully saturated rings. The molecule has 0 unspecified atom stereocenters. The molecule has 1 aromatic carbocycles. The van der Waals surface area contributed by atoms with Gasteiger partial charge in [-0.2, -0.15) is 13.2 Å². The highest BCUT2D eigenvalue weighted by Crippen LogP contribution is 2.34. The first-order valence-corrected chi connectivity index (χ1v) is 7.03. The standard InChI is InChI=1S/C13H7Cl3F3N3O/c1-2-22-11(23)9(16)10(13(17,18)19)21-12(22)20-7-5-3-4-6(14)8(7)15/h2-5H,1H2,(H,20,21). The van der Waals surface area contributed by atoms with E-state index in [1.165, 1.54) is 18.2 Å². The summed E-state index contributed by atoms with van der Waals surface area (Å²) in [6.07, 6.45) is -3.92. The van der Waals surface area contributed by atoms with Gasteiger partial charge in [0.1, 0.15) is 5.02 Å². The van der Waals surface area contributed by atoms with E-state index >= 15 is 0 Å². The molecule has 0 spiro atoms. The van der Waals surface area contributed by atoms with Crippen molar-refractivity contribution in [3.63, 3.8) is 0 Å². The summed E-state index contributed by atoms with van der Waals surface area (Å²) in [4.78, 5) is 15.3. The third-order valence-corrected chi connectivity index (χ3v) is 3.87. The molecule has 10 heteroatoms. The minimum absolute atomic E-state index is 0.0579. The van der Waals surface area contributed by atoms with Gasteiger partial charge in [0.2, 0.25) is 5.95 Å². The summed E-state index contributed by atoms with van der Waals surface area (Å²) in [5.41, 5.74) is -2.47. The van der Waals surface area contributed by atoms with E-state index in [2.05, 4.69) is 16.9 Å². The second kappa shape index (κ2) is 6.43. The molecule has 0 saturated carbocycles. The Morgan fingerprint density at radius 3 is 2.43 bits per heavy atom. The van der Waals surface area contributed by atoms with Gasteiger partial charge in [-0.15, -0.1) is 0 Å². The van der Waals surface area contributed by atoms with E-state index in [0.29, 0.717) is 0 Å². The number of nitrogens with zero attached hydrogens (tertiary/aromatic N) is 2. The monoisotopic (exact) mass is 383 g/mol. The average molecular weight is 385 g/mol. The normalized spacial score (nSPS) is 11.4. The highest BCUT2D eigenvalue weighted by molar-refractivity contribution is 6.43. The lowest BCUT2D eigenvalue weighted by Gasteiger charge is -2.15. The Bertz CT molecular complexity index is 834. The first kappa shape index (κ1) is 17.7. The number of rotatable bonds is 3. The van der Waals surface area contributed by atoms with Crippen molar-refractivity contribution in [2.75, 3.05) is 5.32 Å². The highest BCUT2D eigenvalue weighted by Gasteiger charge is 2.37. The zero-order chi connectivity index (χ0) is 17.4. The van der Waals surface area contributed by atoms with Crippen molar-refractivity contribution in [3.8, 4) is 0 Å². The first-order chi connectivity index (χ1) is 10.7. The second-order valence-electron chi connectivity index (χ2n) is 4.18. The smallest absolute Gasteiger partial charge is 0.324 e. The molecule has 0 aliphatic rings. The van der Waals surface area contributed by atoms with E-state index in [1.54, 1.807) is 0 Å². The van der Waals surface area contributed by atoms with E-state index in [1.807, 2.05) is 0 Å². The molecule has 2 aromatic rings. The lowest BCUT2D eigenvalue weighted by molar-refractivity contribution is -0.141. The van der Waals surface area contributed by atoms with E-state index < -0.39 is 28.4 Å². The number of alkyl halides is 3. The predicted octanol–water partition coefficient (Wildman–Crippen LogP) is 5.07. The summed E-state index contributed by atoms with van der Waals surface area (Å²) in [5.74, 6) is -0.453. The molecular weight excluding hydrogens is 378 g/mol. The SMILES string of the molecule is C=Cn1c(Nc2cccc(Cl)c2Cl)nc(C(F)(F)F)c(Cl)c1=O. The number of hydrogen-bond donors (Lipinski definition) is 1. The van der Waals surface area contributed by atoms with Crippen molar-refractivity contribution in [1.82, 2.24) is 9.55 Å². The maximum absolute atomic E-state index is 12.9. The van der Waals surface area contributed by atoms with Gasteiger partial charge in [0.15, 0.2) is 5.69 Å². The summed E-state index contributed by atoms with van der Waals surface area (Å²) >= 11 is 17.2. The van der Waals surface area contributed by atoms with Crippen molar-refractivity contribution in [2.45, 2.75) is 6.18 Å². The average Bonchev–Trinajstić information content (AvgIpc) is 2.46. The maximum atomic E-state index is 12.9. The van der Waals surface area contributed by atoms with Crippen molar-refractivity contribution in [1.29, 1.82) is 0 Å². The minimum Gasteiger partial charge on any atom is -0.324 e. The lowest BCUT2D eigenvalue weighted by atomic mass is 10.3. The molecule has 0 atom stereocenters. The number of aromatic nitrogens is 2. The minimum atomic E-state index is -4.90. The molecule has 0 aliphatic heterocycles. The zero-order valence-electron chi connectivity index (χ0n) is 11.1. The van der Waals surface area contributed by atoms with Crippen LogP contribution in [0.2, 0.25) is 15.1 Å². The van der Waals surface area contributed by atoms with Crippen molar-refractivity contribution < 1.29 is 13.2 Å². The van der Waals surface area contributed by atoms with E-state index in [-0.39, 0.29) is 15.7 Å². The lowest BCUT2D eigenvalue weighted by Crippen LogP contribution is -2.25. The highest BCUT2D eigenvalue weighted by atomic mass is 35.5. The quantitative estimate of drug-likeness (QED) is 0.804. The fourth-order valence-electron chi connectivity index (χ4n) is 1.68. The van der Waals surface area contributed by atoms with Crippen LogP contribution in [-0.2, 0) is 6.18 Å². The van der Waals surface area contributed by atoms with Gasteiger partial charge in [-0.05, 0) is 12.1 Å². The van der Waals surface area contributed by atoms with Crippen LogP contribution < -0.4 is 10.9 Å². The topological polar surface area (TPSA) is 46.9 Å². The molecular formula is C13H7Cl3F3N3O. The molecule has 23 heavy (non-hydrogen) atoms. The Kier molecular flexibility index (Phi) is 4.93. The molecule has 1 heterocycles. The third-order valence-electron chi connectivity index (χ3n) is 2.71. The number of hydrogen-bond acceptors (Lipinski definition) is 3. The van der Waals surface area contributed by atoms with Crippen LogP contribution in [0.15, 0.2) is 29.6 Å². The van der Waals surface area contributed by atoms with Gasteiger partial charge in [0.25, 0.3) is 5.56 Å². The number of benzene rings is 1. The molecule has 2 rings (SSSR count). The summed E-state index contributed by atoms with van der Waals surface area (Å²) in [6.45, 7) is 3.35. The molecule has 1 N–H and O–H groups in total. The second-order valence-corrected chi connectivity index (χ2v) is 5.34. The van der Waals surface area contributed by atoms with Crippen LogP contribution in [0, 0.1) is 0 Å².